The van der Waals surface area contributed by atoms with Crippen LogP contribution in [0.5, 0.6) is 0 Å². The fourth-order valence-corrected chi connectivity index (χ4v) is 2.60. The number of aliphatic carboxylic acids is 1. The minimum atomic E-state index is -0.938. The van der Waals surface area contributed by atoms with Gasteiger partial charge in [-0.05, 0) is 18.6 Å². The normalized spacial score (nSPS) is 17.1. The molecule has 0 bridgehead atoms. The zero-order valence-corrected chi connectivity index (χ0v) is 13.7. The number of carboxylic acids is 1. The van der Waals surface area contributed by atoms with Crippen molar-refractivity contribution in [2.24, 2.45) is 0 Å². The molecular formula is C16H21N3O6. The first kappa shape index (κ1) is 18.7. The summed E-state index contributed by atoms with van der Waals surface area (Å²) in [6, 6.07) is 6.09. The molecule has 1 heterocycles. The van der Waals surface area contributed by atoms with Gasteiger partial charge in [0.05, 0.1) is 24.1 Å². The molecule has 136 valence electrons. The quantitative estimate of drug-likeness (QED) is 0.413. The fraction of sp³-hybridized carbons (Fsp3) is 0.500. The van der Waals surface area contributed by atoms with Gasteiger partial charge in [-0.3, -0.25) is 19.7 Å². The first-order chi connectivity index (χ1) is 12.0. The number of hydrogen-bond acceptors (Lipinski definition) is 6. The molecule has 1 amide bonds. The molecule has 9 nitrogen and oxygen atoms in total. The third-order valence-electron chi connectivity index (χ3n) is 3.87. The fourth-order valence-electron chi connectivity index (χ4n) is 2.60. The lowest BCUT2D eigenvalue weighted by atomic mass is 10.2. The summed E-state index contributed by atoms with van der Waals surface area (Å²) < 4.78 is 5.34. The molecule has 1 aromatic rings. The van der Waals surface area contributed by atoms with Gasteiger partial charge in [-0.25, -0.2) is 0 Å². The highest BCUT2D eigenvalue weighted by Gasteiger charge is 2.25. The maximum atomic E-state index is 12.2. The summed E-state index contributed by atoms with van der Waals surface area (Å²) in [4.78, 5) is 34.7. The number of nitrogens with zero attached hydrogens (tertiary/aromatic N) is 2. The zero-order valence-electron chi connectivity index (χ0n) is 13.7. The molecule has 0 aliphatic carbocycles. The van der Waals surface area contributed by atoms with Crippen molar-refractivity contribution in [3.05, 3.63) is 34.4 Å². The van der Waals surface area contributed by atoms with E-state index in [1.165, 1.54) is 12.1 Å². The van der Waals surface area contributed by atoms with E-state index in [1.807, 2.05) is 0 Å². The Labute approximate surface area is 144 Å². The number of carbonyl (C=O) groups is 2. The topological polar surface area (TPSA) is 122 Å². The van der Waals surface area contributed by atoms with Gasteiger partial charge in [-0.1, -0.05) is 0 Å². The van der Waals surface area contributed by atoms with Crippen molar-refractivity contribution in [3.8, 4) is 0 Å². The van der Waals surface area contributed by atoms with Gasteiger partial charge in [0.2, 0.25) is 5.91 Å². The highest BCUT2D eigenvalue weighted by atomic mass is 16.6. The van der Waals surface area contributed by atoms with Gasteiger partial charge in [0, 0.05) is 43.9 Å². The van der Waals surface area contributed by atoms with E-state index in [-0.39, 0.29) is 18.0 Å². The molecule has 2 rings (SSSR count). The molecule has 9 heteroatoms. The van der Waals surface area contributed by atoms with Crippen molar-refractivity contribution < 1.29 is 24.4 Å². The van der Waals surface area contributed by atoms with Crippen molar-refractivity contribution in [1.29, 1.82) is 0 Å². The second-order valence-corrected chi connectivity index (χ2v) is 5.76. The molecule has 2 N–H and O–H groups in total. The zero-order chi connectivity index (χ0) is 18.2. The van der Waals surface area contributed by atoms with Crippen LogP contribution in [0.2, 0.25) is 0 Å². The summed E-state index contributed by atoms with van der Waals surface area (Å²) in [5.41, 5.74) is 0.787. The van der Waals surface area contributed by atoms with E-state index in [4.69, 9.17) is 9.84 Å². The van der Waals surface area contributed by atoms with Crippen LogP contribution in [0.4, 0.5) is 11.4 Å². The standard InChI is InChI=1S/C16H21N3O6/c20-15(18-8-9-25-14(11-18)10-16(21)22)2-1-7-17-12-3-5-13(6-4-12)19(23)24/h3-6,14,17H,1-2,7-11H2,(H,21,22). The van der Waals surface area contributed by atoms with Crippen molar-refractivity contribution in [2.75, 3.05) is 31.6 Å². The summed E-state index contributed by atoms with van der Waals surface area (Å²) >= 11 is 0. The Morgan fingerprint density at radius 3 is 2.72 bits per heavy atom. The lowest BCUT2D eigenvalue weighted by molar-refractivity contribution is -0.384. The average Bonchev–Trinajstić information content (AvgIpc) is 2.58. The molecule has 0 spiro atoms. The number of nitrogens with one attached hydrogen (secondary N) is 1. The van der Waals surface area contributed by atoms with Gasteiger partial charge in [0.25, 0.3) is 5.69 Å². The monoisotopic (exact) mass is 351 g/mol. The highest BCUT2D eigenvalue weighted by Crippen LogP contribution is 2.15. The molecule has 1 fully saturated rings. The molecule has 1 aliphatic rings. The molecule has 1 saturated heterocycles. The van der Waals surface area contributed by atoms with Gasteiger partial charge < -0.3 is 20.1 Å². The van der Waals surface area contributed by atoms with Crippen molar-refractivity contribution >= 4 is 23.3 Å². The number of non-ortho nitro benzene ring substituents is 1. The Hall–Kier alpha value is -2.68. The number of nitro benzene ring substituents is 1. The van der Waals surface area contributed by atoms with E-state index in [1.54, 1.807) is 17.0 Å². The molecule has 1 aliphatic heterocycles. The van der Waals surface area contributed by atoms with E-state index in [2.05, 4.69) is 5.32 Å². The lowest BCUT2D eigenvalue weighted by Gasteiger charge is -2.32. The van der Waals surface area contributed by atoms with Gasteiger partial charge in [-0.15, -0.1) is 0 Å². The second kappa shape index (κ2) is 8.97. The smallest absolute Gasteiger partial charge is 0.306 e. The number of nitro groups is 1. The van der Waals surface area contributed by atoms with Crippen LogP contribution in [0.15, 0.2) is 24.3 Å². The predicted molar refractivity (Wildman–Crippen MR) is 89.4 cm³/mol. The Morgan fingerprint density at radius 1 is 1.36 bits per heavy atom. The van der Waals surface area contributed by atoms with Crippen molar-refractivity contribution in [2.45, 2.75) is 25.4 Å². The first-order valence-electron chi connectivity index (χ1n) is 8.05. The Bertz CT molecular complexity index is 619. The van der Waals surface area contributed by atoms with Gasteiger partial charge in [0.1, 0.15) is 0 Å². The maximum Gasteiger partial charge on any atom is 0.306 e. The van der Waals surface area contributed by atoms with E-state index in [0.717, 1.165) is 5.69 Å². The van der Waals surface area contributed by atoms with Crippen LogP contribution in [0.3, 0.4) is 0 Å². The van der Waals surface area contributed by atoms with Crippen molar-refractivity contribution in [1.82, 2.24) is 4.90 Å². The van der Waals surface area contributed by atoms with Crippen LogP contribution in [-0.4, -0.2) is 59.2 Å². The number of benzene rings is 1. The van der Waals surface area contributed by atoms with Crippen LogP contribution in [0.25, 0.3) is 0 Å². The third-order valence-corrected chi connectivity index (χ3v) is 3.87. The van der Waals surface area contributed by atoms with Crippen LogP contribution < -0.4 is 5.32 Å². The molecule has 0 saturated carbocycles. The number of carbonyl (C=O) groups excluding carboxylic acids is 1. The molecule has 0 radical (unpaired) electrons. The maximum absolute atomic E-state index is 12.2. The molecule has 1 aromatic carbocycles. The molecule has 1 atom stereocenters. The first-order valence-corrected chi connectivity index (χ1v) is 8.05. The number of carboxylic acid groups (broad SMARTS) is 1. The summed E-state index contributed by atoms with van der Waals surface area (Å²) in [5, 5.41) is 22.5. The molecular weight excluding hydrogens is 330 g/mol. The summed E-state index contributed by atoms with van der Waals surface area (Å²) in [5.74, 6) is -0.962. The minimum absolute atomic E-state index is 0.0239. The number of rotatable bonds is 8. The van der Waals surface area contributed by atoms with Gasteiger partial charge in [-0.2, -0.15) is 0 Å². The van der Waals surface area contributed by atoms with E-state index in [0.29, 0.717) is 39.1 Å². The number of ether oxygens (including phenoxy) is 1. The van der Waals surface area contributed by atoms with Crippen LogP contribution in [0.1, 0.15) is 19.3 Å². The van der Waals surface area contributed by atoms with Crippen molar-refractivity contribution in [3.63, 3.8) is 0 Å². The Morgan fingerprint density at radius 2 is 2.08 bits per heavy atom. The number of hydrogen-bond donors (Lipinski definition) is 2. The van der Waals surface area contributed by atoms with Gasteiger partial charge in [0.15, 0.2) is 0 Å². The second-order valence-electron chi connectivity index (χ2n) is 5.76. The largest absolute Gasteiger partial charge is 0.481 e. The Balaban J connectivity index is 1.69. The lowest BCUT2D eigenvalue weighted by Crippen LogP contribution is -2.46. The number of morpholine rings is 1. The molecule has 1 unspecified atom stereocenters. The highest BCUT2D eigenvalue weighted by molar-refractivity contribution is 5.76. The van der Waals surface area contributed by atoms with E-state index in [9.17, 15) is 19.7 Å². The van der Waals surface area contributed by atoms with E-state index >= 15 is 0 Å². The molecule has 25 heavy (non-hydrogen) atoms. The Kier molecular flexibility index (Phi) is 6.70. The SMILES string of the molecule is O=C(O)CC1CN(C(=O)CCCNc2ccc([N+](=O)[O-])cc2)CCO1. The third kappa shape index (κ3) is 6.03. The minimum Gasteiger partial charge on any atom is -0.481 e. The van der Waals surface area contributed by atoms with Crippen LogP contribution >= 0.6 is 0 Å². The number of amides is 1. The van der Waals surface area contributed by atoms with E-state index < -0.39 is 17.0 Å². The number of anilines is 1. The van der Waals surface area contributed by atoms with Gasteiger partial charge >= 0.3 is 5.97 Å². The average molecular weight is 351 g/mol. The van der Waals surface area contributed by atoms with Crippen LogP contribution in [0, 0.1) is 10.1 Å². The summed E-state index contributed by atoms with van der Waals surface area (Å²) in [7, 11) is 0. The van der Waals surface area contributed by atoms with Crippen LogP contribution in [-0.2, 0) is 14.3 Å². The molecule has 0 aromatic heterocycles. The predicted octanol–water partition coefficient (Wildman–Crippen LogP) is 1.49. The summed E-state index contributed by atoms with van der Waals surface area (Å²) in [6.07, 6.45) is 0.399. The summed E-state index contributed by atoms with van der Waals surface area (Å²) in [6.45, 7) is 1.70.